The molecule has 0 bridgehead atoms. The summed E-state index contributed by atoms with van der Waals surface area (Å²) in [5.41, 5.74) is 4.32. The van der Waals surface area contributed by atoms with Crippen molar-refractivity contribution in [2.45, 2.75) is 13.8 Å². The van der Waals surface area contributed by atoms with E-state index in [2.05, 4.69) is 5.32 Å². The van der Waals surface area contributed by atoms with E-state index in [1.54, 1.807) is 13.2 Å². The normalized spacial score (nSPS) is 15.4. The molecule has 0 saturated carbocycles. The zero-order chi connectivity index (χ0) is 22.1. The van der Waals surface area contributed by atoms with E-state index in [1.165, 1.54) is 4.90 Å². The lowest BCUT2D eigenvalue weighted by molar-refractivity contribution is -0.122. The Labute approximate surface area is 185 Å². The Hall–Kier alpha value is -3.71. The molecule has 6 nitrogen and oxygen atoms in total. The van der Waals surface area contributed by atoms with Crippen LogP contribution in [0, 0.1) is 13.8 Å². The minimum absolute atomic E-state index is 0.0296. The topological polar surface area (TPSA) is 63.6 Å². The van der Waals surface area contributed by atoms with E-state index in [1.807, 2.05) is 79.3 Å². The zero-order valence-corrected chi connectivity index (χ0v) is 18.2. The molecule has 2 heterocycles. The van der Waals surface area contributed by atoms with Gasteiger partial charge in [0.05, 0.1) is 12.8 Å². The van der Waals surface area contributed by atoms with Gasteiger partial charge in [-0.2, -0.15) is 0 Å². The van der Waals surface area contributed by atoms with Crippen molar-refractivity contribution < 1.29 is 14.3 Å². The molecule has 1 N–H and O–H groups in total. The van der Waals surface area contributed by atoms with Gasteiger partial charge in [0.15, 0.2) is 5.11 Å². The Morgan fingerprint density at radius 2 is 1.77 bits per heavy atom. The molecule has 0 atom stereocenters. The zero-order valence-electron chi connectivity index (χ0n) is 17.4. The lowest BCUT2D eigenvalue weighted by Crippen LogP contribution is -2.54. The number of nitrogens with zero attached hydrogens (tertiary/aromatic N) is 2. The van der Waals surface area contributed by atoms with Crippen LogP contribution in [-0.2, 0) is 9.59 Å². The van der Waals surface area contributed by atoms with Gasteiger partial charge in [-0.3, -0.25) is 19.8 Å². The predicted molar refractivity (Wildman–Crippen MR) is 124 cm³/mol. The molecule has 0 spiro atoms. The van der Waals surface area contributed by atoms with Crippen LogP contribution in [0.25, 0.3) is 11.8 Å². The number of anilines is 1. The van der Waals surface area contributed by atoms with Gasteiger partial charge < -0.3 is 9.30 Å². The molecule has 1 aliphatic heterocycles. The highest BCUT2D eigenvalue weighted by molar-refractivity contribution is 7.80. The number of carbonyl (C=O) groups is 2. The maximum atomic E-state index is 13.3. The highest BCUT2D eigenvalue weighted by Gasteiger charge is 2.35. The van der Waals surface area contributed by atoms with E-state index in [0.717, 1.165) is 28.1 Å². The molecule has 0 aliphatic carbocycles. The van der Waals surface area contributed by atoms with E-state index < -0.39 is 11.8 Å². The van der Waals surface area contributed by atoms with Gasteiger partial charge >= 0.3 is 0 Å². The first kappa shape index (κ1) is 20.6. The molecule has 7 heteroatoms. The van der Waals surface area contributed by atoms with E-state index in [-0.39, 0.29) is 10.7 Å². The summed E-state index contributed by atoms with van der Waals surface area (Å²) in [6.45, 7) is 3.89. The van der Waals surface area contributed by atoms with Gasteiger partial charge in [-0.25, -0.2) is 0 Å². The Balaban J connectivity index is 1.67. The highest BCUT2D eigenvalue weighted by atomic mass is 32.1. The first-order valence-corrected chi connectivity index (χ1v) is 10.1. The van der Waals surface area contributed by atoms with Crippen LogP contribution in [0.3, 0.4) is 0 Å². The summed E-state index contributed by atoms with van der Waals surface area (Å²) >= 11 is 5.30. The Kier molecular flexibility index (Phi) is 5.44. The number of carbonyl (C=O) groups excluding carboxylic acids is 2. The third-order valence-electron chi connectivity index (χ3n) is 5.32. The summed E-state index contributed by atoms with van der Waals surface area (Å²) in [4.78, 5) is 27.2. The second-order valence-corrected chi connectivity index (χ2v) is 7.61. The highest BCUT2D eigenvalue weighted by Crippen LogP contribution is 2.27. The van der Waals surface area contributed by atoms with Crippen molar-refractivity contribution in [3.8, 4) is 11.4 Å². The first-order valence-electron chi connectivity index (χ1n) is 9.69. The number of thiocarbonyl (C=S) groups is 1. The van der Waals surface area contributed by atoms with Crippen LogP contribution < -0.4 is 15.0 Å². The largest absolute Gasteiger partial charge is 0.497 e. The third kappa shape index (κ3) is 3.87. The Bertz CT molecular complexity index is 1230. The average Bonchev–Trinajstić information content (AvgIpc) is 3.23. The van der Waals surface area contributed by atoms with Crippen LogP contribution >= 0.6 is 12.2 Å². The van der Waals surface area contributed by atoms with Gasteiger partial charge in [-0.15, -0.1) is 0 Å². The van der Waals surface area contributed by atoms with Crippen molar-refractivity contribution in [1.82, 2.24) is 9.88 Å². The van der Waals surface area contributed by atoms with E-state index in [4.69, 9.17) is 17.0 Å². The molecule has 1 aromatic heterocycles. The van der Waals surface area contributed by atoms with Gasteiger partial charge in [0, 0.05) is 18.1 Å². The van der Waals surface area contributed by atoms with Crippen LogP contribution in [-0.4, -0.2) is 28.6 Å². The van der Waals surface area contributed by atoms with Crippen molar-refractivity contribution in [3.05, 3.63) is 83.2 Å². The molecule has 2 aromatic carbocycles. The molecule has 1 saturated heterocycles. The molecule has 2 amide bonds. The third-order valence-corrected chi connectivity index (χ3v) is 5.60. The summed E-state index contributed by atoms with van der Waals surface area (Å²) in [5.74, 6) is -0.182. The number of benzene rings is 2. The number of amides is 2. The first-order chi connectivity index (χ1) is 14.9. The summed E-state index contributed by atoms with van der Waals surface area (Å²) in [6, 6.07) is 15.1. The molecular formula is C24H21N3O3S. The number of hydrogen-bond donors (Lipinski definition) is 1. The Morgan fingerprint density at radius 1 is 1.03 bits per heavy atom. The molecule has 31 heavy (non-hydrogen) atoms. The molecule has 3 aromatic rings. The average molecular weight is 432 g/mol. The Morgan fingerprint density at radius 3 is 2.48 bits per heavy atom. The SMILES string of the molecule is COc1ccc(-n2ccc(/C=C3/C(=O)NC(=S)N(c4cccc(C)c4C)C3=O)c2)cc1. The number of rotatable bonds is 4. The van der Waals surface area contributed by atoms with Crippen molar-refractivity contribution in [1.29, 1.82) is 0 Å². The number of aromatic nitrogens is 1. The van der Waals surface area contributed by atoms with Crippen LogP contribution in [0.15, 0.2) is 66.5 Å². The molecule has 156 valence electrons. The van der Waals surface area contributed by atoms with Crippen molar-refractivity contribution >= 4 is 40.9 Å². The van der Waals surface area contributed by atoms with Crippen LogP contribution in [0.4, 0.5) is 5.69 Å². The van der Waals surface area contributed by atoms with Gasteiger partial charge in [-0.05, 0) is 85.2 Å². The molecule has 1 fully saturated rings. The molecule has 0 radical (unpaired) electrons. The molecular weight excluding hydrogens is 410 g/mol. The van der Waals surface area contributed by atoms with Crippen LogP contribution in [0.2, 0.25) is 0 Å². The van der Waals surface area contributed by atoms with E-state index in [0.29, 0.717) is 5.69 Å². The fourth-order valence-corrected chi connectivity index (χ4v) is 3.71. The molecule has 0 unspecified atom stereocenters. The number of aryl methyl sites for hydroxylation is 1. The lowest BCUT2D eigenvalue weighted by atomic mass is 10.0. The van der Waals surface area contributed by atoms with Crippen LogP contribution in [0.5, 0.6) is 5.75 Å². The molecule has 1 aliphatic rings. The van der Waals surface area contributed by atoms with Crippen LogP contribution in [0.1, 0.15) is 16.7 Å². The van der Waals surface area contributed by atoms with Gasteiger partial charge in [0.25, 0.3) is 11.8 Å². The second kappa shape index (κ2) is 8.20. The van der Waals surface area contributed by atoms with E-state index in [9.17, 15) is 9.59 Å². The fraction of sp³-hybridized carbons (Fsp3) is 0.125. The summed E-state index contributed by atoms with van der Waals surface area (Å²) in [5, 5.41) is 2.72. The lowest BCUT2D eigenvalue weighted by Gasteiger charge is -2.30. The number of hydrogen-bond acceptors (Lipinski definition) is 4. The van der Waals surface area contributed by atoms with Gasteiger partial charge in [0.2, 0.25) is 0 Å². The minimum Gasteiger partial charge on any atom is -0.497 e. The predicted octanol–water partition coefficient (Wildman–Crippen LogP) is 3.93. The standard InChI is InChI=1S/C24H21N3O3S/c1-15-5-4-6-21(16(15)2)27-23(29)20(22(28)25-24(27)31)13-17-11-12-26(14-17)18-7-9-19(30-3)10-8-18/h4-14H,1-3H3,(H,25,28,31)/b20-13-. The second-order valence-electron chi connectivity index (χ2n) is 7.23. The minimum atomic E-state index is -0.506. The van der Waals surface area contributed by atoms with Crippen molar-refractivity contribution in [2.75, 3.05) is 12.0 Å². The maximum absolute atomic E-state index is 13.3. The fourth-order valence-electron chi connectivity index (χ4n) is 3.43. The number of nitrogens with one attached hydrogen (secondary N) is 1. The summed E-state index contributed by atoms with van der Waals surface area (Å²) in [6.07, 6.45) is 5.30. The monoisotopic (exact) mass is 431 g/mol. The van der Waals surface area contributed by atoms with Crippen molar-refractivity contribution in [3.63, 3.8) is 0 Å². The van der Waals surface area contributed by atoms with Crippen molar-refractivity contribution in [2.24, 2.45) is 0 Å². The smallest absolute Gasteiger partial charge is 0.270 e. The molecule has 4 rings (SSSR count). The van der Waals surface area contributed by atoms with Gasteiger partial charge in [0.1, 0.15) is 11.3 Å². The summed E-state index contributed by atoms with van der Waals surface area (Å²) < 4.78 is 7.10. The quantitative estimate of drug-likeness (QED) is 0.386. The van der Waals surface area contributed by atoms with Gasteiger partial charge in [-0.1, -0.05) is 12.1 Å². The maximum Gasteiger partial charge on any atom is 0.270 e. The van der Waals surface area contributed by atoms with E-state index >= 15 is 0 Å². The number of methoxy groups -OCH3 is 1. The summed E-state index contributed by atoms with van der Waals surface area (Å²) in [7, 11) is 1.62. The number of ether oxygens (including phenoxy) is 1.